The summed E-state index contributed by atoms with van der Waals surface area (Å²) in [6.45, 7) is 3.92. The monoisotopic (exact) mass is 631 g/mol. The van der Waals surface area contributed by atoms with Crippen LogP contribution in [0.5, 0.6) is 28.7 Å². The molecule has 4 aromatic rings. The Morgan fingerprint density at radius 2 is 1.67 bits per heavy atom. The lowest BCUT2D eigenvalue weighted by molar-refractivity contribution is -0.137. The molecule has 2 aromatic heterocycles. The van der Waals surface area contributed by atoms with Crippen LogP contribution in [0.1, 0.15) is 28.6 Å². The van der Waals surface area contributed by atoms with Gasteiger partial charge in [0.2, 0.25) is 18.4 Å². The number of hydrogen-bond acceptors (Lipinski definition) is 11. The number of pyridine rings is 1. The van der Waals surface area contributed by atoms with E-state index in [0.717, 1.165) is 17.0 Å². The second kappa shape index (κ2) is 14.2. The fourth-order valence-electron chi connectivity index (χ4n) is 4.90. The summed E-state index contributed by atoms with van der Waals surface area (Å²) in [5.41, 5.74) is 3.22. The van der Waals surface area contributed by atoms with Crippen LogP contribution in [0, 0.1) is 13.8 Å². The van der Waals surface area contributed by atoms with Crippen LogP contribution in [0.15, 0.2) is 66.1 Å². The van der Waals surface area contributed by atoms with Crippen molar-refractivity contribution in [2.75, 3.05) is 39.2 Å². The SMILES string of the molecule is COc1cc([C@@H](C(=O)Nc2ccc3c(c2)OCO3)N(Cc2cccnc2)C(=O)CSc2nc(C)cc(C)n2)cc(OC)c1OC. The van der Waals surface area contributed by atoms with E-state index < -0.39 is 11.9 Å². The molecule has 5 rings (SSSR count). The van der Waals surface area contributed by atoms with Gasteiger partial charge in [-0.25, -0.2) is 9.97 Å². The third kappa shape index (κ3) is 7.37. The minimum absolute atomic E-state index is 0.0264. The number of aryl methyl sites for hydroxylation is 2. The molecule has 1 atom stereocenters. The number of nitrogens with one attached hydrogen (secondary N) is 1. The van der Waals surface area contributed by atoms with Gasteiger partial charge in [0.25, 0.3) is 5.91 Å². The molecule has 0 fully saturated rings. The predicted octanol–water partition coefficient (Wildman–Crippen LogP) is 4.74. The van der Waals surface area contributed by atoms with Gasteiger partial charge in [-0.1, -0.05) is 17.8 Å². The van der Waals surface area contributed by atoms with Crippen LogP contribution in [-0.4, -0.2) is 65.5 Å². The summed E-state index contributed by atoms with van der Waals surface area (Å²) in [5, 5.41) is 3.42. The van der Waals surface area contributed by atoms with E-state index in [0.29, 0.717) is 45.2 Å². The summed E-state index contributed by atoms with van der Waals surface area (Å²) >= 11 is 1.20. The first-order valence-corrected chi connectivity index (χ1v) is 14.9. The van der Waals surface area contributed by atoms with E-state index in [2.05, 4.69) is 20.3 Å². The lowest BCUT2D eigenvalue weighted by Gasteiger charge is -2.32. The van der Waals surface area contributed by atoms with Crippen molar-refractivity contribution in [3.8, 4) is 28.7 Å². The molecule has 1 aliphatic rings. The molecule has 0 saturated carbocycles. The zero-order valence-corrected chi connectivity index (χ0v) is 26.3. The van der Waals surface area contributed by atoms with E-state index in [1.165, 1.54) is 38.0 Å². The molecule has 0 radical (unpaired) electrons. The molecule has 0 bridgehead atoms. The normalized spacial score (nSPS) is 12.3. The molecule has 12 nitrogen and oxygen atoms in total. The van der Waals surface area contributed by atoms with Crippen molar-refractivity contribution < 1.29 is 33.3 Å². The van der Waals surface area contributed by atoms with Crippen molar-refractivity contribution in [1.29, 1.82) is 0 Å². The molecule has 0 saturated heterocycles. The Kier molecular flexibility index (Phi) is 9.88. The van der Waals surface area contributed by atoms with Crippen LogP contribution in [0.2, 0.25) is 0 Å². The Morgan fingerprint density at radius 1 is 0.956 bits per heavy atom. The molecule has 0 unspecified atom stereocenters. The minimum Gasteiger partial charge on any atom is -0.493 e. The number of thioether (sulfide) groups is 1. The van der Waals surface area contributed by atoms with E-state index in [1.54, 1.807) is 48.8 Å². The molecule has 13 heteroatoms. The lowest BCUT2D eigenvalue weighted by atomic mass is 10.0. The number of anilines is 1. The highest BCUT2D eigenvalue weighted by Gasteiger charge is 2.34. The van der Waals surface area contributed by atoms with Crippen molar-refractivity contribution in [2.45, 2.75) is 31.6 Å². The molecule has 2 aromatic carbocycles. The molecule has 1 N–H and O–H groups in total. The number of nitrogens with zero attached hydrogens (tertiary/aromatic N) is 4. The van der Waals surface area contributed by atoms with Crippen LogP contribution in [0.25, 0.3) is 0 Å². The zero-order chi connectivity index (χ0) is 31.9. The maximum absolute atomic E-state index is 14.3. The second-order valence-electron chi connectivity index (χ2n) is 10.0. The van der Waals surface area contributed by atoms with Crippen molar-refractivity contribution in [3.63, 3.8) is 0 Å². The van der Waals surface area contributed by atoms with E-state index in [9.17, 15) is 9.59 Å². The van der Waals surface area contributed by atoms with Crippen molar-refractivity contribution in [2.24, 2.45) is 0 Å². The van der Waals surface area contributed by atoms with Gasteiger partial charge in [0.1, 0.15) is 6.04 Å². The Labute approximate surface area is 265 Å². The fourth-order valence-corrected chi connectivity index (χ4v) is 5.73. The van der Waals surface area contributed by atoms with Gasteiger partial charge in [-0.15, -0.1) is 0 Å². The smallest absolute Gasteiger partial charge is 0.251 e. The average Bonchev–Trinajstić information content (AvgIpc) is 3.51. The highest BCUT2D eigenvalue weighted by Crippen LogP contribution is 2.42. The quantitative estimate of drug-likeness (QED) is 0.172. The summed E-state index contributed by atoms with van der Waals surface area (Å²) in [5.74, 6) is 1.27. The minimum atomic E-state index is -1.14. The van der Waals surface area contributed by atoms with Crippen molar-refractivity contribution >= 4 is 29.3 Å². The van der Waals surface area contributed by atoms with Gasteiger partial charge in [0.15, 0.2) is 28.2 Å². The van der Waals surface area contributed by atoms with Crippen LogP contribution in [0.3, 0.4) is 0 Å². The Balaban J connectivity index is 1.57. The Morgan fingerprint density at radius 3 is 2.31 bits per heavy atom. The van der Waals surface area contributed by atoms with Crippen molar-refractivity contribution in [1.82, 2.24) is 19.9 Å². The number of fused-ring (bicyclic) bond motifs is 1. The maximum atomic E-state index is 14.3. The van der Waals surface area contributed by atoms with Crippen LogP contribution in [0.4, 0.5) is 5.69 Å². The van der Waals surface area contributed by atoms with Gasteiger partial charge in [-0.2, -0.15) is 0 Å². The molecular formula is C32H33N5O7S. The second-order valence-corrected chi connectivity index (χ2v) is 11.0. The Bertz CT molecular complexity index is 1640. The maximum Gasteiger partial charge on any atom is 0.251 e. The average molecular weight is 632 g/mol. The number of carbonyl (C=O) groups is 2. The van der Waals surface area contributed by atoms with E-state index in [1.807, 2.05) is 26.0 Å². The van der Waals surface area contributed by atoms with E-state index in [4.69, 9.17) is 23.7 Å². The number of rotatable bonds is 12. The molecule has 0 spiro atoms. The number of amides is 2. The number of carbonyl (C=O) groups excluding carboxylic acids is 2. The molecular weight excluding hydrogens is 598 g/mol. The summed E-state index contributed by atoms with van der Waals surface area (Å²) in [6, 6.07) is 12.8. The lowest BCUT2D eigenvalue weighted by Crippen LogP contribution is -2.42. The van der Waals surface area contributed by atoms with Gasteiger partial charge >= 0.3 is 0 Å². The highest BCUT2D eigenvalue weighted by atomic mass is 32.2. The first kappa shape index (κ1) is 31.4. The number of methoxy groups -OCH3 is 3. The summed E-state index contributed by atoms with van der Waals surface area (Å²) in [7, 11) is 4.47. The molecule has 45 heavy (non-hydrogen) atoms. The van der Waals surface area contributed by atoms with Gasteiger partial charge in [0.05, 0.1) is 27.1 Å². The molecule has 1 aliphatic heterocycles. The molecule has 3 heterocycles. The van der Waals surface area contributed by atoms with Crippen molar-refractivity contribution in [3.05, 3.63) is 83.4 Å². The van der Waals surface area contributed by atoms with Gasteiger partial charge in [-0.05, 0) is 61.4 Å². The van der Waals surface area contributed by atoms with Crippen LogP contribution in [-0.2, 0) is 16.1 Å². The van der Waals surface area contributed by atoms with E-state index in [-0.39, 0.29) is 25.0 Å². The topological polar surface area (TPSA) is 134 Å². The zero-order valence-electron chi connectivity index (χ0n) is 25.5. The first-order valence-electron chi connectivity index (χ1n) is 13.9. The largest absolute Gasteiger partial charge is 0.493 e. The summed E-state index contributed by atoms with van der Waals surface area (Å²) in [4.78, 5) is 43.1. The fraction of sp³-hybridized carbons (Fsp3) is 0.281. The van der Waals surface area contributed by atoms with E-state index >= 15 is 0 Å². The van der Waals surface area contributed by atoms with Crippen LogP contribution < -0.4 is 29.0 Å². The Hall–Kier alpha value is -5.04. The predicted molar refractivity (Wildman–Crippen MR) is 167 cm³/mol. The van der Waals surface area contributed by atoms with Crippen LogP contribution >= 0.6 is 11.8 Å². The number of aromatic nitrogens is 3. The van der Waals surface area contributed by atoms with Gasteiger partial charge in [-0.3, -0.25) is 14.6 Å². The van der Waals surface area contributed by atoms with Gasteiger partial charge < -0.3 is 33.9 Å². The third-order valence-corrected chi connectivity index (χ3v) is 7.72. The standard InChI is InChI=1S/C32H33N5O7S/c1-19-11-20(2)35-32(34-19)45-17-28(38)37(16-21-7-6-10-33-15-21)29(22-12-26(40-3)30(42-5)27(13-22)41-4)31(39)36-23-8-9-24-25(14-23)44-18-43-24/h6-15,29H,16-18H2,1-5H3,(H,36,39)/t29-/m0/s1. The highest BCUT2D eigenvalue weighted by molar-refractivity contribution is 7.99. The third-order valence-electron chi connectivity index (χ3n) is 6.89. The summed E-state index contributed by atoms with van der Waals surface area (Å²) < 4.78 is 27.6. The summed E-state index contributed by atoms with van der Waals surface area (Å²) in [6.07, 6.45) is 3.30. The molecule has 2 amide bonds. The number of benzene rings is 2. The van der Waals surface area contributed by atoms with Gasteiger partial charge in [0, 0.05) is 42.1 Å². The molecule has 234 valence electrons. The first-order chi connectivity index (χ1) is 21.8. The molecule has 0 aliphatic carbocycles. The number of hydrogen-bond donors (Lipinski definition) is 1. The number of ether oxygens (including phenoxy) is 5.